The molecule has 1 aromatic heterocycles. The SMILES string of the molecule is COc1cccc([C@H](C(=O)NC2CCCCC2)N(Cc2ccccc2)C(=O)c2ccccn2)c1. The van der Waals surface area contributed by atoms with E-state index in [1.807, 2.05) is 54.6 Å². The normalized spacial score (nSPS) is 14.7. The summed E-state index contributed by atoms with van der Waals surface area (Å²) in [6, 6.07) is 21.6. The third-order valence-corrected chi connectivity index (χ3v) is 6.26. The van der Waals surface area contributed by atoms with Crippen LogP contribution in [0.25, 0.3) is 0 Å². The van der Waals surface area contributed by atoms with Crippen molar-refractivity contribution in [1.29, 1.82) is 0 Å². The van der Waals surface area contributed by atoms with E-state index in [1.165, 1.54) is 6.42 Å². The van der Waals surface area contributed by atoms with Gasteiger partial charge in [-0.1, -0.05) is 67.8 Å². The van der Waals surface area contributed by atoms with E-state index in [1.54, 1.807) is 36.4 Å². The Hall–Kier alpha value is -3.67. The van der Waals surface area contributed by atoms with Gasteiger partial charge in [0.1, 0.15) is 17.5 Å². The summed E-state index contributed by atoms with van der Waals surface area (Å²) in [6.07, 6.45) is 6.93. The van der Waals surface area contributed by atoms with Crippen molar-refractivity contribution >= 4 is 11.8 Å². The Morgan fingerprint density at radius 1 is 1.00 bits per heavy atom. The monoisotopic (exact) mass is 457 g/mol. The molecule has 1 aliphatic carbocycles. The molecular weight excluding hydrogens is 426 g/mol. The van der Waals surface area contributed by atoms with Crippen molar-refractivity contribution in [3.63, 3.8) is 0 Å². The first-order valence-corrected chi connectivity index (χ1v) is 11.9. The van der Waals surface area contributed by atoms with E-state index in [9.17, 15) is 9.59 Å². The largest absolute Gasteiger partial charge is 0.497 e. The van der Waals surface area contributed by atoms with Crippen LogP contribution in [0.4, 0.5) is 0 Å². The van der Waals surface area contributed by atoms with Gasteiger partial charge in [0.05, 0.1) is 7.11 Å². The van der Waals surface area contributed by atoms with Gasteiger partial charge >= 0.3 is 0 Å². The highest BCUT2D eigenvalue weighted by Crippen LogP contribution is 2.29. The van der Waals surface area contributed by atoms with Gasteiger partial charge in [0.2, 0.25) is 5.91 Å². The molecule has 34 heavy (non-hydrogen) atoms. The van der Waals surface area contributed by atoms with Crippen LogP contribution in [-0.2, 0) is 11.3 Å². The first kappa shape index (κ1) is 23.5. The first-order valence-electron chi connectivity index (χ1n) is 11.9. The number of nitrogens with one attached hydrogen (secondary N) is 1. The lowest BCUT2D eigenvalue weighted by Crippen LogP contribution is -2.47. The van der Waals surface area contributed by atoms with Crippen molar-refractivity contribution in [1.82, 2.24) is 15.2 Å². The van der Waals surface area contributed by atoms with Crippen LogP contribution in [0.15, 0.2) is 79.0 Å². The fraction of sp³-hybridized carbons (Fsp3) is 0.321. The molecule has 176 valence electrons. The number of carbonyl (C=O) groups excluding carboxylic acids is 2. The summed E-state index contributed by atoms with van der Waals surface area (Å²) in [4.78, 5) is 33.5. The van der Waals surface area contributed by atoms with Gasteiger partial charge in [0, 0.05) is 18.8 Å². The molecule has 1 heterocycles. The molecule has 2 aromatic carbocycles. The van der Waals surface area contributed by atoms with Gasteiger partial charge in [-0.05, 0) is 48.2 Å². The van der Waals surface area contributed by atoms with Crippen molar-refractivity contribution in [3.8, 4) is 5.75 Å². The number of amides is 2. The molecule has 1 N–H and O–H groups in total. The van der Waals surface area contributed by atoms with E-state index < -0.39 is 6.04 Å². The Balaban J connectivity index is 1.75. The van der Waals surface area contributed by atoms with E-state index in [0.717, 1.165) is 31.2 Å². The molecule has 6 nitrogen and oxygen atoms in total. The van der Waals surface area contributed by atoms with Crippen LogP contribution in [-0.4, -0.2) is 34.8 Å². The predicted molar refractivity (Wildman–Crippen MR) is 131 cm³/mol. The van der Waals surface area contributed by atoms with Crippen molar-refractivity contribution in [3.05, 3.63) is 95.8 Å². The molecule has 1 atom stereocenters. The van der Waals surface area contributed by atoms with Gasteiger partial charge in [0.25, 0.3) is 5.91 Å². The highest BCUT2D eigenvalue weighted by atomic mass is 16.5. The van der Waals surface area contributed by atoms with Crippen LogP contribution in [0.5, 0.6) is 5.75 Å². The zero-order valence-corrected chi connectivity index (χ0v) is 19.5. The standard InChI is InChI=1S/C28H31N3O3/c1-34-24-16-10-13-22(19-24)26(27(32)30-23-14-6-3-7-15-23)31(20-21-11-4-2-5-12-21)28(33)25-17-8-9-18-29-25/h2,4-5,8-13,16-19,23,26H,3,6-7,14-15,20H2,1H3,(H,30,32)/t26-/m1/s1. The highest BCUT2D eigenvalue weighted by molar-refractivity contribution is 5.96. The van der Waals surface area contributed by atoms with Crippen LogP contribution >= 0.6 is 0 Å². The summed E-state index contributed by atoms with van der Waals surface area (Å²) in [5, 5.41) is 3.23. The molecule has 1 aliphatic rings. The number of nitrogens with zero attached hydrogens (tertiary/aromatic N) is 2. The second-order valence-electron chi connectivity index (χ2n) is 8.66. The number of carbonyl (C=O) groups is 2. The van der Waals surface area contributed by atoms with E-state index in [4.69, 9.17) is 4.74 Å². The molecule has 6 heteroatoms. The topological polar surface area (TPSA) is 71.5 Å². The number of methoxy groups -OCH3 is 1. The smallest absolute Gasteiger partial charge is 0.273 e. The number of benzene rings is 2. The van der Waals surface area contributed by atoms with Crippen molar-refractivity contribution in [2.24, 2.45) is 0 Å². The Kier molecular flexibility index (Phi) is 7.91. The van der Waals surface area contributed by atoms with Crippen LogP contribution in [0.2, 0.25) is 0 Å². The molecule has 0 aliphatic heterocycles. The summed E-state index contributed by atoms with van der Waals surface area (Å²) in [5.41, 5.74) is 1.94. The summed E-state index contributed by atoms with van der Waals surface area (Å²) in [5.74, 6) is 0.161. The Labute approximate surface area is 201 Å². The minimum absolute atomic E-state index is 0.123. The third-order valence-electron chi connectivity index (χ3n) is 6.26. The van der Waals surface area contributed by atoms with Gasteiger partial charge in [-0.3, -0.25) is 14.6 Å². The average molecular weight is 458 g/mol. The Bertz CT molecular complexity index is 1080. The quantitative estimate of drug-likeness (QED) is 0.521. The van der Waals surface area contributed by atoms with Crippen LogP contribution in [0, 0.1) is 0 Å². The molecule has 2 amide bonds. The van der Waals surface area contributed by atoms with Crippen molar-refractivity contribution in [2.75, 3.05) is 7.11 Å². The number of hydrogen-bond donors (Lipinski definition) is 1. The molecule has 1 saturated carbocycles. The van der Waals surface area contributed by atoms with Crippen molar-refractivity contribution < 1.29 is 14.3 Å². The fourth-order valence-electron chi connectivity index (χ4n) is 4.51. The van der Waals surface area contributed by atoms with E-state index >= 15 is 0 Å². The number of rotatable bonds is 8. The molecule has 0 saturated heterocycles. The van der Waals surface area contributed by atoms with Crippen LogP contribution in [0.3, 0.4) is 0 Å². The summed E-state index contributed by atoms with van der Waals surface area (Å²) < 4.78 is 5.43. The lowest BCUT2D eigenvalue weighted by molar-refractivity contribution is -0.127. The molecule has 3 aromatic rings. The molecule has 4 rings (SSSR count). The summed E-state index contributed by atoms with van der Waals surface area (Å²) in [6.45, 7) is 0.274. The van der Waals surface area contributed by atoms with E-state index in [-0.39, 0.29) is 24.4 Å². The maximum atomic E-state index is 13.8. The maximum absolute atomic E-state index is 13.8. The summed E-state index contributed by atoms with van der Waals surface area (Å²) in [7, 11) is 1.59. The molecule has 0 spiro atoms. The molecule has 1 fully saturated rings. The third kappa shape index (κ3) is 5.81. The minimum atomic E-state index is -0.827. The number of aromatic nitrogens is 1. The Morgan fingerprint density at radius 2 is 1.76 bits per heavy atom. The number of ether oxygens (including phenoxy) is 1. The lowest BCUT2D eigenvalue weighted by atomic mass is 9.94. The average Bonchev–Trinajstić information content (AvgIpc) is 2.89. The number of hydrogen-bond acceptors (Lipinski definition) is 4. The molecule has 0 bridgehead atoms. The Morgan fingerprint density at radius 3 is 2.47 bits per heavy atom. The highest BCUT2D eigenvalue weighted by Gasteiger charge is 2.34. The van der Waals surface area contributed by atoms with Gasteiger partial charge in [0.15, 0.2) is 0 Å². The van der Waals surface area contributed by atoms with Gasteiger partial charge in [-0.15, -0.1) is 0 Å². The molecule has 0 radical (unpaired) electrons. The zero-order valence-electron chi connectivity index (χ0n) is 19.5. The van der Waals surface area contributed by atoms with E-state index in [2.05, 4.69) is 10.3 Å². The van der Waals surface area contributed by atoms with Gasteiger partial charge in [-0.2, -0.15) is 0 Å². The predicted octanol–water partition coefficient (Wildman–Crippen LogP) is 4.92. The first-order chi connectivity index (χ1) is 16.7. The maximum Gasteiger partial charge on any atom is 0.273 e. The number of pyridine rings is 1. The second-order valence-corrected chi connectivity index (χ2v) is 8.66. The van der Waals surface area contributed by atoms with Crippen LogP contribution in [0.1, 0.15) is 59.8 Å². The van der Waals surface area contributed by atoms with Crippen molar-refractivity contribution in [2.45, 2.75) is 50.7 Å². The minimum Gasteiger partial charge on any atom is -0.497 e. The second kappa shape index (κ2) is 11.5. The van der Waals surface area contributed by atoms with Gasteiger partial charge < -0.3 is 15.0 Å². The summed E-state index contributed by atoms with van der Waals surface area (Å²) >= 11 is 0. The fourth-order valence-corrected chi connectivity index (χ4v) is 4.51. The lowest BCUT2D eigenvalue weighted by Gasteiger charge is -2.33. The van der Waals surface area contributed by atoms with Crippen LogP contribution < -0.4 is 10.1 Å². The van der Waals surface area contributed by atoms with Gasteiger partial charge in [-0.25, -0.2) is 0 Å². The zero-order chi connectivity index (χ0) is 23.8. The van der Waals surface area contributed by atoms with E-state index in [0.29, 0.717) is 17.0 Å². The molecular formula is C28H31N3O3. The molecule has 0 unspecified atom stereocenters.